The third-order valence-corrected chi connectivity index (χ3v) is 7.94. The van der Waals surface area contributed by atoms with Gasteiger partial charge in [0.2, 0.25) is 9.05 Å². The van der Waals surface area contributed by atoms with E-state index in [2.05, 4.69) is 21.7 Å². The Balaban J connectivity index is -0.000000822. The van der Waals surface area contributed by atoms with Gasteiger partial charge in [-0.2, -0.15) is 84.3 Å². The van der Waals surface area contributed by atoms with Crippen LogP contribution in [0.25, 0.3) is 0 Å². The number of thioether (sulfide) groups is 1. The minimum atomic E-state index is -6.59. The quantitative estimate of drug-likeness (QED) is 0.0755. The van der Waals surface area contributed by atoms with Crippen molar-refractivity contribution in [3.05, 3.63) is 0 Å². The van der Waals surface area contributed by atoms with Gasteiger partial charge in [0.25, 0.3) is 11.3 Å². The number of rotatable bonds is 14. The smallest absolute Gasteiger partial charge is 0.224 e. The number of unbranched alkanes of at least 4 members (excludes halogenated alkanes) is 2. The van der Waals surface area contributed by atoms with Crippen molar-refractivity contribution in [3.63, 3.8) is 0 Å². The number of hydrogen-bond acceptors (Lipinski definition) is 4. The molecule has 49 heavy (non-hydrogen) atoms. The number of alkyl halides is 20. The first-order chi connectivity index (χ1) is 21.5. The zero-order valence-electron chi connectivity index (χ0n) is 23.5. The molecule has 0 aliphatic rings. The van der Waals surface area contributed by atoms with Crippen molar-refractivity contribution >= 4 is 53.2 Å². The van der Waals surface area contributed by atoms with Crippen molar-refractivity contribution in [1.82, 2.24) is 0 Å². The summed E-state index contributed by atoms with van der Waals surface area (Å²) in [6, 6.07) is 0. The molecule has 3 nitrogen and oxygen atoms in total. The summed E-state index contributed by atoms with van der Waals surface area (Å²) in [7, 11) is 8.90. The highest BCUT2D eigenvalue weighted by Crippen LogP contribution is 2.53. The van der Waals surface area contributed by atoms with Gasteiger partial charge < -0.3 is 0 Å². The Morgan fingerprint density at radius 3 is 1.06 bits per heavy atom. The summed E-state index contributed by atoms with van der Waals surface area (Å²) in [4.78, 5) is 0. The van der Waals surface area contributed by atoms with Crippen LogP contribution in [0.3, 0.4) is 0 Å². The zero-order valence-corrected chi connectivity index (χ0v) is 27.4. The van der Waals surface area contributed by atoms with Crippen LogP contribution in [0.1, 0.15) is 51.4 Å². The van der Waals surface area contributed by atoms with E-state index in [4.69, 9.17) is 15.9 Å². The van der Waals surface area contributed by atoms with Gasteiger partial charge >= 0.3 is 37.1 Å². The van der Waals surface area contributed by atoms with E-state index in [1.54, 1.807) is 5.40 Å². The van der Waals surface area contributed by atoms with Crippen LogP contribution < -0.4 is 0 Å². The molecule has 0 saturated carbocycles. The second-order valence-electron chi connectivity index (χ2n) is 9.65. The van der Waals surface area contributed by atoms with Crippen molar-refractivity contribution in [1.29, 1.82) is 5.26 Å². The Hall–Kier alpha value is -0.740. The van der Waals surface area contributed by atoms with Crippen molar-refractivity contribution < 1.29 is 96.2 Å². The van der Waals surface area contributed by atoms with E-state index in [0.29, 0.717) is 11.8 Å². The summed E-state index contributed by atoms with van der Waals surface area (Å²) in [6.07, 6.45) is -46.8. The molecule has 2 unspecified atom stereocenters. The average molecular weight is 871 g/mol. The maximum Gasteiger partial charge on any atom is 0.431 e. The summed E-state index contributed by atoms with van der Waals surface area (Å²) >= 11 is 0.679. The fraction of sp³-hybridized carbons (Fsp3) is 0.952. The Morgan fingerprint density at radius 1 is 0.551 bits per heavy atom. The lowest BCUT2D eigenvalue weighted by molar-refractivity contribution is -0.353. The van der Waals surface area contributed by atoms with Gasteiger partial charge in [-0.3, -0.25) is 0 Å². The maximum atomic E-state index is 13.4. The first-order valence-corrected chi connectivity index (χ1v) is 16.9. The van der Waals surface area contributed by atoms with E-state index in [1.807, 2.05) is 0 Å². The Kier molecular flexibility index (Phi) is 21.4. The van der Waals surface area contributed by atoms with Crippen LogP contribution in [0, 0.1) is 22.5 Å². The average Bonchev–Trinajstić information content (AvgIpc) is 2.86. The number of hydrogen-bond donors (Lipinski definition) is 0. The van der Waals surface area contributed by atoms with Gasteiger partial charge in [0.05, 0.1) is 17.6 Å². The molecule has 0 aliphatic carbocycles. The molecule has 0 aliphatic heterocycles. The van der Waals surface area contributed by atoms with E-state index in [0.717, 1.165) is 0 Å². The van der Waals surface area contributed by atoms with E-state index in [1.165, 1.54) is 0 Å². The third kappa shape index (κ3) is 18.5. The van der Waals surface area contributed by atoms with Gasteiger partial charge in [-0.25, -0.2) is 17.2 Å². The van der Waals surface area contributed by atoms with E-state index in [9.17, 15) is 96.2 Å². The van der Waals surface area contributed by atoms with Crippen LogP contribution in [-0.2, 0) is 9.05 Å². The highest BCUT2D eigenvalue weighted by atomic mass is 36.5. The molecule has 0 radical (unpaired) electrons. The molecule has 0 N–H and O–H groups in total. The van der Waals surface area contributed by atoms with Gasteiger partial charge in [0.1, 0.15) is 5.40 Å². The molecule has 0 spiro atoms. The lowest BCUT2D eigenvalue weighted by atomic mass is 9.87. The molecule has 0 heterocycles. The fourth-order valence-electron chi connectivity index (χ4n) is 3.50. The standard InChI is InChI=1S/C11H11F10NS.C10H11ClF10O2S.Cl2/c12-8(10(16,17)18,11(19,20)21)5-7(9(13,14)15)3-1-2-4-23-6-22;11-24(22,23)4-2-1-3-6(8(13,14)15)5-7(12,9(16,17)18)10(19,20)21;1-2/h7H,1-5H2;6H,1-5H2;. The molecule has 28 heteroatoms. The highest BCUT2D eigenvalue weighted by molar-refractivity contribution is 8.13. The maximum absolute atomic E-state index is 13.4. The normalized spacial score (nSPS) is 15.3. The molecule has 296 valence electrons. The van der Waals surface area contributed by atoms with Gasteiger partial charge in [-0.1, -0.05) is 12.8 Å². The number of nitriles is 1. The first kappa shape index (κ1) is 52.6. The minimum absolute atomic E-state index is 0.0257. The summed E-state index contributed by atoms with van der Waals surface area (Å²) in [6.45, 7) is 0. The molecule has 0 bridgehead atoms. The molecule has 0 amide bonds. The van der Waals surface area contributed by atoms with Crippen LogP contribution in [-0.4, -0.2) is 68.3 Å². The van der Waals surface area contributed by atoms with Crippen LogP contribution in [0.15, 0.2) is 0 Å². The molecule has 0 aromatic carbocycles. The molecule has 0 aromatic heterocycles. The van der Waals surface area contributed by atoms with Gasteiger partial charge in [0.15, 0.2) is 0 Å². The third-order valence-electron chi connectivity index (χ3n) is 6.08. The second kappa shape index (κ2) is 19.9. The molecule has 0 fully saturated rings. The summed E-state index contributed by atoms with van der Waals surface area (Å²) in [5, 5.41) is 9.77. The lowest BCUT2D eigenvalue weighted by Crippen LogP contribution is -2.55. The topological polar surface area (TPSA) is 57.9 Å². The second-order valence-corrected chi connectivity index (χ2v) is 13.4. The molecule has 0 aromatic rings. The van der Waals surface area contributed by atoms with Gasteiger partial charge in [-0.05, 0) is 37.4 Å². The monoisotopic (exact) mass is 869 g/mol. The summed E-state index contributed by atoms with van der Waals surface area (Å²) < 4.78 is 272. The predicted octanol–water partition coefficient (Wildman–Crippen LogP) is 12.3. The van der Waals surface area contributed by atoms with Crippen LogP contribution in [0.5, 0.6) is 0 Å². The zero-order chi connectivity index (χ0) is 40.1. The van der Waals surface area contributed by atoms with E-state index < -0.39 is 114 Å². The van der Waals surface area contributed by atoms with Crippen molar-refractivity contribution in [2.45, 2.75) is 99.8 Å². The number of nitrogens with zero attached hydrogens (tertiary/aromatic N) is 1. The Morgan fingerprint density at radius 2 is 0.837 bits per heavy atom. The highest BCUT2D eigenvalue weighted by Gasteiger charge is 2.74. The fourth-order valence-corrected chi connectivity index (χ4v) is 4.82. The van der Waals surface area contributed by atoms with Crippen LogP contribution >= 0.6 is 44.2 Å². The lowest BCUT2D eigenvalue weighted by Gasteiger charge is -2.33. The predicted molar refractivity (Wildman–Crippen MR) is 137 cm³/mol. The number of thiocyanates is 1. The SMILES string of the molecule is ClCl.N#CSCCCCC(CC(F)(C(F)(F)F)C(F)(F)F)C(F)(F)F.O=S(=O)(Cl)CCCCC(CC(F)(C(F)(F)F)C(F)(F)F)C(F)(F)F. The molecular formula is C21H22Cl3F20NO2S2. The molecular weight excluding hydrogens is 849 g/mol. The van der Waals surface area contributed by atoms with Crippen molar-refractivity contribution in [3.8, 4) is 5.40 Å². The Bertz CT molecular complexity index is 1070. The first-order valence-electron chi connectivity index (χ1n) is 12.3. The number of halogens is 23. The van der Waals surface area contributed by atoms with E-state index >= 15 is 0 Å². The minimum Gasteiger partial charge on any atom is -0.224 e. The summed E-state index contributed by atoms with van der Waals surface area (Å²) in [5.41, 5.74) is -12.0. The Labute approximate surface area is 283 Å². The largest absolute Gasteiger partial charge is 0.431 e. The van der Waals surface area contributed by atoms with Crippen LogP contribution in [0.2, 0.25) is 0 Å². The van der Waals surface area contributed by atoms with E-state index in [-0.39, 0.29) is 18.6 Å². The molecule has 0 rings (SSSR count). The summed E-state index contributed by atoms with van der Waals surface area (Å²) in [5.74, 6) is -7.11. The molecule has 2 atom stereocenters. The van der Waals surface area contributed by atoms with Gasteiger partial charge in [-0.15, -0.1) is 0 Å². The molecule has 0 saturated heterocycles. The van der Waals surface area contributed by atoms with Crippen LogP contribution in [0.4, 0.5) is 87.8 Å². The van der Waals surface area contributed by atoms with Gasteiger partial charge in [0, 0.05) is 51.0 Å². The van der Waals surface area contributed by atoms with Crippen molar-refractivity contribution in [2.24, 2.45) is 11.8 Å². The van der Waals surface area contributed by atoms with Crippen molar-refractivity contribution in [2.75, 3.05) is 11.5 Å².